The second-order valence-electron chi connectivity index (χ2n) is 4.83. The zero-order valence-corrected chi connectivity index (χ0v) is 11.9. The Labute approximate surface area is 126 Å². The van der Waals surface area contributed by atoms with Crippen molar-refractivity contribution < 1.29 is 14.4 Å². The summed E-state index contributed by atoms with van der Waals surface area (Å²) in [5.41, 5.74) is 1.64. The average molecular weight is 296 g/mol. The first-order valence-electron chi connectivity index (χ1n) is 6.56. The SMILES string of the molecule is O=Cc1ccc2c(c1)SCC(C(=O)c1ccccc1)C2=O. The van der Waals surface area contributed by atoms with Gasteiger partial charge in [0, 0.05) is 27.3 Å². The summed E-state index contributed by atoms with van der Waals surface area (Å²) in [6.07, 6.45) is 0.756. The van der Waals surface area contributed by atoms with Gasteiger partial charge in [0.1, 0.15) is 6.29 Å². The molecule has 0 aromatic heterocycles. The molecular weight excluding hydrogens is 284 g/mol. The summed E-state index contributed by atoms with van der Waals surface area (Å²) in [5, 5.41) is 0. The second-order valence-corrected chi connectivity index (χ2v) is 5.89. The molecule has 0 N–H and O–H groups in total. The lowest BCUT2D eigenvalue weighted by molar-refractivity contribution is 0.0819. The highest BCUT2D eigenvalue weighted by atomic mass is 32.2. The largest absolute Gasteiger partial charge is 0.298 e. The summed E-state index contributed by atoms with van der Waals surface area (Å²) in [6.45, 7) is 0. The van der Waals surface area contributed by atoms with Gasteiger partial charge in [0.15, 0.2) is 11.6 Å². The fourth-order valence-electron chi connectivity index (χ4n) is 2.37. The van der Waals surface area contributed by atoms with Crippen LogP contribution in [0.25, 0.3) is 0 Å². The van der Waals surface area contributed by atoms with Crippen molar-refractivity contribution in [3.05, 3.63) is 65.2 Å². The maximum absolute atomic E-state index is 12.5. The monoisotopic (exact) mass is 296 g/mol. The third-order valence-corrected chi connectivity index (χ3v) is 4.65. The number of carbonyl (C=O) groups is 3. The number of hydrogen-bond donors (Lipinski definition) is 0. The molecule has 3 rings (SSSR count). The van der Waals surface area contributed by atoms with Gasteiger partial charge >= 0.3 is 0 Å². The average Bonchev–Trinajstić information content (AvgIpc) is 2.55. The van der Waals surface area contributed by atoms with Crippen molar-refractivity contribution in [1.82, 2.24) is 0 Å². The molecule has 1 heterocycles. The maximum atomic E-state index is 12.5. The molecule has 0 radical (unpaired) electrons. The van der Waals surface area contributed by atoms with Crippen LogP contribution in [0.4, 0.5) is 0 Å². The molecule has 4 heteroatoms. The Bertz CT molecular complexity index is 722. The number of rotatable bonds is 3. The van der Waals surface area contributed by atoms with Crippen LogP contribution in [0.5, 0.6) is 0 Å². The van der Waals surface area contributed by atoms with Gasteiger partial charge in [-0.1, -0.05) is 36.4 Å². The Morgan fingerprint density at radius 3 is 2.62 bits per heavy atom. The first-order chi connectivity index (χ1) is 10.2. The molecule has 0 aliphatic carbocycles. The number of carbonyl (C=O) groups excluding carboxylic acids is 3. The summed E-state index contributed by atoms with van der Waals surface area (Å²) in [5.74, 6) is -0.526. The van der Waals surface area contributed by atoms with E-state index in [2.05, 4.69) is 0 Å². The highest BCUT2D eigenvalue weighted by molar-refractivity contribution is 7.99. The maximum Gasteiger partial charge on any atom is 0.175 e. The topological polar surface area (TPSA) is 51.2 Å². The Morgan fingerprint density at radius 1 is 1.14 bits per heavy atom. The number of ketones is 2. The van der Waals surface area contributed by atoms with Crippen LogP contribution < -0.4 is 0 Å². The van der Waals surface area contributed by atoms with Crippen LogP contribution in [-0.2, 0) is 0 Å². The molecule has 1 aliphatic rings. The molecule has 104 valence electrons. The van der Waals surface area contributed by atoms with E-state index in [9.17, 15) is 14.4 Å². The van der Waals surface area contributed by atoms with Crippen LogP contribution in [0.2, 0.25) is 0 Å². The van der Waals surface area contributed by atoms with E-state index in [1.807, 2.05) is 6.07 Å². The minimum atomic E-state index is -0.646. The summed E-state index contributed by atoms with van der Waals surface area (Å²) in [7, 11) is 0. The highest BCUT2D eigenvalue weighted by Crippen LogP contribution is 2.34. The molecule has 1 atom stereocenters. The van der Waals surface area contributed by atoms with Gasteiger partial charge in [-0.05, 0) is 12.1 Å². The first kappa shape index (κ1) is 13.8. The fraction of sp³-hybridized carbons (Fsp3) is 0.118. The van der Waals surface area contributed by atoms with Gasteiger partial charge in [-0.3, -0.25) is 14.4 Å². The summed E-state index contributed by atoms with van der Waals surface area (Å²) >= 11 is 1.45. The zero-order chi connectivity index (χ0) is 14.8. The van der Waals surface area contributed by atoms with Crippen molar-refractivity contribution in [3.63, 3.8) is 0 Å². The van der Waals surface area contributed by atoms with Crippen molar-refractivity contribution in [2.24, 2.45) is 5.92 Å². The van der Waals surface area contributed by atoms with Crippen molar-refractivity contribution in [3.8, 4) is 0 Å². The number of Topliss-reactive ketones (excluding diaryl/α,β-unsaturated/α-hetero) is 2. The van der Waals surface area contributed by atoms with Gasteiger partial charge in [0.2, 0.25) is 0 Å². The lowest BCUT2D eigenvalue weighted by atomic mass is 9.90. The Kier molecular flexibility index (Phi) is 3.71. The molecule has 0 saturated carbocycles. The lowest BCUT2D eigenvalue weighted by Gasteiger charge is -2.22. The minimum Gasteiger partial charge on any atom is -0.298 e. The molecule has 0 spiro atoms. The molecule has 0 amide bonds. The van der Waals surface area contributed by atoms with Crippen LogP contribution >= 0.6 is 11.8 Å². The fourth-order valence-corrected chi connectivity index (χ4v) is 3.56. The quantitative estimate of drug-likeness (QED) is 0.495. The minimum absolute atomic E-state index is 0.141. The van der Waals surface area contributed by atoms with Crippen molar-refractivity contribution in [1.29, 1.82) is 0 Å². The number of aldehydes is 1. The van der Waals surface area contributed by atoms with Gasteiger partial charge < -0.3 is 0 Å². The van der Waals surface area contributed by atoms with E-state index in [0.717, 1.165) is 11.2 Å². The molecule has 2 aromatic carbocycles. The van der Waals surface area contributed by atoms with Crippen molar-refractivity contribution >= 4 is 29.6 Å². The van der Waals surface area contributed by atoms with E-state index in [1.54, 1.807) is 42.5 Å². The highest BCUT2D eigenvalue weighted by Gasteiger charge is 2.33. The predicted octanol–water partition coefficient (Wildman–Crippen LogP) is 3.29. The first-order valence-corrected chi connectivity index (χ1v) is 7.55. The Balaban J connectivity index is 1.92. The number of thioether (sulfide) groups is 1. The van der Waals surface area contributed by atoms with Crippen LogP contribution in [0.15, 0.2) is 53.4 Å². The van der Waals surface area contributed by atoms with Crippen LogP contribution in [-0.4, -0.2) is 23.6 Å². The number of fused-ring (bicyclic) bond motifs is 1. The van der Waals surface area contributed by atoms with E-state index in [0.29, 0.717) is 22.4 Å². The van der Waals surface area contributed by atoms with E-state index in [1.165, 1.54) is 11.8 Å². The van der Waals surface area contributed by atoms with E-state index < -0.39 is 5.92 Å². The Hall–Kier alpha value is -2.20. The summed E-state index contributed by atoms with van der Waals surface area (Å²) < 4.78 is 0. The van der Waals surface area contributed by atoms with E-state index in [-0.39, 0.29) is 11.6 Å². The third kappa shape index (κ3) is 2.54. The van der Waals surface area contributed by atoms with Crippen LogP contribution in [0.1, 0.15) is 31.1 Å². The van der Waals surface area contributed by atoms with Gasteiger partial charge in [0.05, 0.1) is 5.92 Å². The molecular formula is C17H12O3S. The Morgan fingerprint density at radius 2 is 1.90 bits per heavy atom. The van der Waals surface area contributed by atoms with Gasteiger partial charge in [0.25, 0.3) is 0 Å². The normalized spacial score (nSPS) is 17.1. The molecule has 1 aliphatic heterocycles. The van der Waals surface area contributed by atoms with Gasteiger partial charge in [-0.2, -0.15) is 0 Å². The summed E-state index contributed by atoms with van der Waals surface area (Å²) in [4.78, 5) is 36.5. The van der Waals surface area contributed by atoms with E-state index in [4.69, 9.17) is 0 Å². The zero-order valence-electron chi connectivity index (χ0n) is 11.1. The molecule has 2 aromatic rings. The number of benzene rings is 2. The second kappa shape index (κ2) is 5.66. The van der Waals surface area contributed by atoms with Gasteiger partial charge in [-0.15, -0.1) is 11.8 Å². The molecule has 0 bridgehead atoms. The molecule has 1 unspecified atom stereocenters. The van der Waals surface area contributed by atoms with Crippen LogP contribution in [0.3, 0.4) is 0 Å². The molecule has 3 nitrogen and oxygen atoms in total. The molecule has 21 heavy (non-hydrogen) atoms. The third-order valence-electron chi connectivity index (χ3n) is 3.50. The molecule has 0 saturated heterocycles. The smallest absolute Gasteiger partial charge is 0.175 e. The van der Waals surface area contributed by atoms with Crippen molar-refractivity contribution in [2.75, 3.05) is 5.75 Å². The summed E-state index contributed by atoms with van der Waals surface area (Å²) in [6, 6.07) is 13.8. The van der Waals surface area contributed by atoms with Gasteiger partial charge in [-0.25, -0.2) is 0 Å². The van der Waals surface area contributed by atoms with Crippen molar-refractivity contribution in [2.45, 2.75) is 4.90 Å². The lowest BCUT2D eigenvalue weighted by Crippen LogP contribution is -2.30. The van der Waals surface area contributed by atoms with Crippen LogP contribution in [0, 0.1) is 5.92 Å². The molecule has 0 fully saturated rings. The standard InChI is InChI=1S/C17H12O3S/c18-9-11-6-7-13-15(8-11)21-10-14(17(13)20)16(19)12-4-2-1-3-5-12/h1-9,14H,10H2. The predicted molar refractivity (Wildman–Crippen MR) is 81.1 cm³/mol. The van der Waals surface area contributed by atoms with E-state index >= 15 is 0 Å². The number of hydrogen-bond acceptors (Lipinski definition) is 4.